The number of aromatic nitrogens is 2. The van der Waals surface area contributed by atoms with Crippen molar-refractivity contribution in [3.05, 3.63) is 30.0 Å². The van der Waals surface area contributed by atoms with Gasteiger partial charge in [-0.3, -0.25) is 9.58 Å². The first-order chi connectivity index (χ1) is 10.3. The lowest BCUT2D eigenvalue weighted by Gasteiger charge is -2.23. The van der Waals surface area contributed by atoms with Gasteiger partial charge in [0.25, 0.3) is 0 Å². The molecule has 1 N–H and O–H groups in total. The predicted molar refractivity (Wildman–Crippen MR) is 85.1 cm³/mol. The molecule has 2 fully saturated rings. The molecule has 0 spiro atoms. The molecular weight excluding hydrogens is 260 g/mol. The second-order valence-corrected chi connectivity index (χ2v) is 6.53. The largest absolute Gasteiger partial charge is 0.316 e. The van der Waals surface area contributed by atoms with Crippen molar-refractivity contribution in [1.29, 1.82) is 0 Å². The van der Waals surface area contributed by atoms with Crippen LogP contribution in [0.5, 0.6) is 0 Å². The smallest absolute Gasteiger partial charge is 0.0843 e. The fourth-order valence-electron chi connectivity index (χ4n) is 4.21. The highest BCUT2D eigenvalue weighted by atomic mass is 15.3. The summed E-state index contributed by atoms with van der Waals surface area (Å²) >= 11 is 0. The number of aryl methyl sites for hydroxylation is 1. The Hall–Kier alpha value is -1.39. The van der Waals surface area contributed by atoms with Crippen molar-refractivity contribution < 1.29 is 0 Å². The molecule has 2 aromatic rings. The zero-order chi connectivity index (χ0) is 14.4. The summed E-state index contributed by atoms with van der Waals surface area (Å²) in [6, 6.07) is 9.29. The Bertz CT molecular complexity index is 647. The summed E-state index contributed by atoms with van der Waals surface area (Å²) in [6.45, 7) is 10.1. The number of nitrogens with zero attached hydrogens (tertiary/aromatic N) is 3. The Morgan fingerprint density at radius 1 is 1.29 bits per heavy atom. The standard InChI is InChI=1S/C17H24N4/c1-3-21-17-7-5-4-6-14(17)16(19-21)11-20-10-13-8-18-9-15(13)12(20)2/h4-7,12-13,15,18H,3,8-11H2,1-2H3. The zero-order valence-corrected chi connectivity index (χ0v) is 12.9. The summed E-state index contributed by atoms with van der Waals surface area (Å²) in [5.41, 5.74) is 2.51. The van der Waals surface area contributed by atoms with Gasteiger partial charge in [0.05, 0.1) is 11.2 Å². The van der Waals surface area contributed by atoms with Crippen LogP contribution in [0.1, 0.15) is 19.5 Å². The molecule has 0 saturated carbocycles. The normalized spacial score (nSPS) is 29.3. The van der Waals surface area contributed by atoms with E-state index in [9.17, 15) is 0 Å². The van der Waals surface area contributed by atoms with Crippen LogP contribution in [-0.4, -0.2) is 40.4 Å². The number of para-hydroxylation sites is 1. The quantitative estimate of drug-likeness (QED) is 0.937. The second kappa shape index (κ2) is 5.11. The summed E-state index contributed by atoms with van der Waals surface area (Å²) in [7, 11) is 0. The van der Waals surface area contributed by atoms with Crippen LogP contribution in [0.2, 0.25) is 0 Å². The van der Waals surface area contributed by atoms with Crippen molar-refractivity contribution in [2.75, 3.05) is 19.6 Å². The van der Waals surface area contributed by atoms with Gasteiger partial charge in [-0.25, -0.2) is 0 Å². The third-order valence-corrected chi connectivity index (χ3v) is 5.44. The number of nitrogens with one attached hydrogen (secondary N) is 1. The maximum absolute atomic E-state index is 4.86. The van der Waals surface area contributed by atoms with Crippen molar-refractivity contribution in [2.24, 2.45) is 11.8 Å². The van der Waals surface area contributed by atoms with Gasteiger partial charge in [0.15, 0.2) is 0 Å². The number of likely N-dealkylation sites (tertiary alicyclic amines) is 1. The second-order valence-electron chi connectivity index (χ2n) is 6.53. The number of hydrogen-bond acceptors (Lipinski definition) is 3. The van der Waals surface area contributed by atoms with Crippen LogP contribution < -0.4 is 5.32 Å². The molecule has 2 aliphatic heterocycles. The SMILES string of the molecule is CCn1nc(CN2CC3CNCC3C2C)c2ccccc21. The molecule has 4 nitrogen and oxygen atoms in total. The lowest BCUT2D eigenvalue weighted by molar-refractivity contribution is 0.229. The topological polar surface area (TPSA) is 33.1 Å². The van der Waals surface area contributed by atoms with Crippen molar-refractivity contribution in [3.8, 4) is 0 Å². The average molecular weight is 284 g/mol. The lowest BCUT2D eigenvalue weighted by Crippen LogP contribution is -2.32. The third kappa shape index (κ3) is 2.09. The summed E-state index contributed by atoms with van der Waals surface area (Å²) in [5, 5.41) is 9.72. The maximum atomic E-state index is 4.86. The van der Waals surface area contributed by atoms with E-state index in [4.69, 9.17) is 5.10 Å². The minimum atomic E-state index is 0.663. The molecule has 3 heterocycles. The van der Waals surface area contributed by atoms with Crippen LogP contribution >= 0.6 is 0 Å². The molecular formula is C17H24N4. The van der Waals surface area contributed by atoms with E-state index in [0.29, 0.717) is 6.04 Å². The first-order valence-electron chi connectivity index (χ1n) is 8.17. The van der Waals surface area contributed by atoms with Gasteiger partial charge in [-0.1, -0.05) is 18.2 Å². The zero-order valence-electron chi connectivity index (χ0n) is 12.9. The fraction of sp³-hybridized carbons (Fsp3) is 0.588. The first-order valence-corrected chi connectivity index (χ1v) is 8.17. The molecule has 2 aliphatic rings. The molecule has 1 aromatic carbocycles. The average Bonchev–Trinajstić information content (AvgIpc) is 3.17. The van der Waals surface area contributed by atoms with Gasteiger partial charge < -0.3 is 5.32 Å². The summed E-state index contributed by atoms with van der Waals surface area (Å²) in [5.74, 6) is 1.66. The third-order valence-electron chi connectivity index (χ3n) is 5.44. The van der Waals surface area contributed by atoms with Crippen LogP contribution in [0.4, 0.5) is 0 Å². The summed E-state index contributed by atoms with van der Waals surface area (Å²) in [4.78, 5) is 2.63. The lowest BCUT2D eigenvalue weighted by atomic mass is 9.95. The number of rotatable bonds is 3. The number of benzene rings is 1. The molecule has 0 bridgehead atoms. The Morgan fingerprint density at radius 3 is 2.95 bits per heavy atom. The molecule has 4 heteroatoms. The van der Waals surface area contributed by atoms with Crippen LogP contribution in [0.3, 0.4) is 0 Å². The van der Waals surface area contributed by atoms with Gasteiger partial charge in [0.2, 0.25) is 0 Å². The summed E-state index contributed by atoms with van der Waals surface area (Å²) in [6.07, 6.45) is 0. The molecule has 4 rings (SSSR count). The van der Waals surface area contributed by atoms with E-state index in [1.54, 1.807) is 0 Å². The maximum Gasteiger partial charge on any atom is 0.0843 e. The van der Waals surface area contributed by atoms with Gasteiger partial charge in [-0.15, -0.1) is 0 Å². The highest BCUT2D eigenvalue weighted by Gasteiger charge is 2.41. The Balaban J connectivity index is 1.63. The van der Waals surface area contributed by atoms with E-state index in [2.05, 4.69) is 53.0 Å². The van der Waals surface area contributed by atoms with E-state index < -0.39 is 0 Å². The van der Waals surface area contributed by atoms with E-state index >= 15 is 0 Å². The molecule has 21 heavy (non-hydrogen) atoms. The van der Waals surface area contributed by atoms with Crippen LogP contribution in [-0.2, 0) is 13.1 Å². The van der Waals surface area contributed by atoms with Gasteiger partial charge in [-0.05, 0) is 44.8 Å². The van der Waals surface area contributed by atoms with Gasteiger partial charge in [0.1, 0.15) is 0 Å². The Kier molecular flexibility index (Phi) is 3.23. The highest BCUT2D eigenvalue weighted by molar-refractivity contribution is 5.81. The van der Waals surface area contributed by atoms with E-state index in [-0.39, 0.29) is 0 Å². The van der Waals surface area contributed by atoms with Crippen LogP contribution in [0.15, 0.2) is 24.3 Å². The molecule has 0 amide bonds. The molecule has 112 valence electrons. The Labute approximate surface area is 126 Å². The molecule has 0 aliphatic carbocycles. The van der Waals surface area contributed by atoms with E-state index in [1.807, 2.05) is 0 Å². The van der Waals surface area contributed by atoms with Crippen molar-refractivity contribution in [1.82, 2.24) is 20.0 Å². The molecule has 3 unspecified atom stereocenters. The van der Waals surface area contributed by atoms with Gasteiger partial charge in [0, 0.05) is 31.1 Å². The number of hydrogen-bond donors (Lipinski definition) is 1. The highest BCUT2D eigenvalue weighted by Crippen LogP contribution is 2.33. The molecule has 2 saturated heterocycles. The fourth-order valence-corrected chi connectivity index (χ4v) is 4.21. The minimum absolute atomic E-state index is 0.663. The van der Waals surface area contributed by atoms with Crippen molar-refractivity contribution >= 4 is 10.9 Å². The first kappa shape index (κ1) is 13.3. The predicted octanol–water partition coefficient (Wildman–Crippen LogP) is 2.10. The minimum Gasteiger partial charge on any atom is -0.316 e. The molecule has 0 radical (unpaired) electrons. The number of fused-ring (bicyclic) bond motifs is 2. The van der Waals surface area contributed by atoms with Crippen molar-refractivity contribution in [3.63, 3.8) is 0 Å². The van der Waals surface area contributed by atoms with Gasteiger partial charge >= 0.3 is 0 Å². The van der Waals surface area contributed by atoms with Gasteiger partial charge in [-0.2, -0.15) is 5.10 Å². The van der Waals surface area contributed by atoms with E-state index in [0.717, 1.165) is 24.9 Å². The monoisotopic (exact) mass is 284 g/mol. The van der Waals surface area contributed by atoms with E-state index in [1.165, 1.54) is 36.2 Å². The van der Waals surface area contributed by atoms with Crippen LogP contribution in [0.25, 0.3) is 10.9 Å². The Morgan fingerprint density at radius 2 is 2.14 bits per heavy atom. The summed E-state index contributed by atoms with van der Waals surface area (Å²) < 4.78 is 2.13. The van der Waals surface area contributed by atoms with Crippen molar-refractivity contribution in [2.45, 2.75) is 33.0 Å². The van der Waals surface area contributed by atoms with Crippen LogP contribution in [0, 0.1) is 11.8 Å². The molecule has 1 aromatic heterocycles. The molecule has 3 atom stereocenters.